The molecule has 1 amide bonds. The second-order valence-corrected chi connectivity index (χ2v) is 6.99. The van der Waals surface area contributed by atoms with E-state index >= 15 is 0 Å². The number of carbonyl (C=O) groups excluding carboxylic acids is 1. The van der Waals surface area contributed by atoms with Gasteiger partial charge in [-0.15, -0.1) is 11.3 Å². The molecule has 6 nitrogen and oxygen atoms in total. The molecule has 2 heterocycles. The van der Waals surface area contributed by atoms with Crippen molar-refractivity contribution in [3.8, 4) is 11.5 Å². The van der Waals surface area contributed by atoms with Crippen molar-refractivity contribution >= 4 is 33.6 Å². The summed E-state index contributed by atoms with van der Waals surface area (Å²) in [6.07, 6.45) is -0.428. The lowest BCUT2D eigenvalue weighted by atomic mass is 10.2. The number of nitrogens with one attached hydrogen (secondary N) is 1. The van der Waals surface area contributed by atoms with Gasteiger partial charge in [-0.25, -0.2) is 14.8 Å². The van der Waals surface area contributed by atoms with Crippen molar-refractivity contribution in [2.75, 3.05) is 11.9 Å². The van der Waals surface area contributed by atoms with Crippen molar-refractivity contribution < 1.29 is 9.53 Å². The van der Waals surface area contributed by atoms with Crippen molar-refractivity contribution in [2.45, 2.75) is 26.4 Å². The summed E-state index contributed by atoms with van der Waals surface area (Å²) in [5.74, 6) is 0.686. The van der Waals surface area contributed by atoms with Crippen molar-refractivity contribution in [2.24, 2.45) is 0 Å². The summed E-state index contributed by atoms with van der Waals surface area (Å²) >= 11 is 1.37. The maximum Gasteiger partial charge on any atom is 0.416 e. The van der Waals surface area contributed by atoms with Gasteiger partial charge < -0.3 is 9.72 Å². The maximum absolute atomic E-state index is 12.1. The summed E-state index contributed by atoms with van der Waals surface area (Å²) in [6, 6.07) is 7.80. The number of thiazole rings is 1. The maximum atomic E-state index is 12.1. The lowest BCUT2D eigenvalue weighted by Crippen LogP contribution is -2.34. The number of para-hydroxylation sites is 2. The molecule has 0 saturated heterocycles. The molecule has 0 fully saturated rings. The van der Waals surface area contributed by atoms with Crippen LogP contribution in [0.4, 0.5) is 9.93 Å². The van der Waals surface area contributed by atoms with E-state index in [4.69, 9.17) is 4.74 Å². The Morgan fingerprint density at radius 3 is 2.70 bits per heavy atom. The monoisotopic (exact) mass is 330 g/mol. The van der Waals surface area contributed by atoms with Crippen LogP contribution in [-0.2, 0) is 4.74 Å². The predicted molar refractivity (Wildman–Crippen MR) is 91.8 cm³/mol. The Morgan fingerprint density at radius 1 is 1.26 bits per heavy atom. The number of amides is 1. The van der Waals surface area contributed by atoms with Crippen LogP contribution in [0.1, 0.15) is 20.8 Å². The quantitative estimate of drug-likeness (QED) is 0.769. The number of rotatable bonds is 2. The summed E-state index contributed by atoms with van der Waals surface area (Å²) in [5.41, 5.74) is 2.01. The molecule has 7 heteroatoms. The van der Waals surface area contributed by atoms with E-state index in [1.807, 2.05) is 50.4 Å². The van der Waals surface area contributed by atoms with Gasteiger partial charge in [0.05, 0.1) is 11.0 Å². The summed E-state index contributed by atoms with van der Waals surface area (Å²) in [4.78, 5) is 25.7. The first-order valence-corrected chi connectivity index (χ1v) is 8.09. The number of anilines is 1. The fraction of sp³-hybridized carbons (Fsp3) is 0.312. The molecule has 0 saturated carbocycles. The van der Waals surface area contributed by atoms with Crippen LogP contribution in [0.25, 0.3) is 22.6 Å². The smallest absolute Gasteiger partial charge is 0.416 e. The van der Waals surface area contributed by atoms with Crippen LogP contribution in [0, 0.1) is 0 Å². The minimum atomic E-state index is -0.538. The SMILES string of the molecule is CN(C(=O)OC(C)(C)C)c1nc(-c2nc3ccccc3[nH]2)cs1. The molecule has 3 rings (SSSR count). The minimum Gasteiger partial charge on any atom is -0.443 e. The number of aromatic amines is 1. The van der Waals surface area contributed by atoms with Crippen LogP contribution < -0.4 is 4.90 Å². The Kier molecular flexibility index (Phi) is 3.81. The number of imidazole rings is 1. The van der Waals surface area contributed by atoms with E-state index in [0.29, 0.717) is 16.6 Å². The molecular weight excluding hydrogens is 312 g/mol. The van der Waals surface area contributed by atoms with E-state index in [1.165, 1.54) is 16.2 Å². The van der Waals surface area contributed by atoms with Gasteiger partial charge in [-0.3, -0.25) is 4.90 Å². The summed E-state index contributed by atoms with van der Waals surface area (Å²) < 4.78 is 5.35. The highest BCUT2D eigenvalue weighted by Gasteiger charge is 2.22. The van der Waals surface area contributed by atoms with Gasteiger partial charge in [0, 0.05) is 12.4 Å². The largest absolute Gasteiger partial charge is 0.443 e. The molecule has 2 aromatic heterocycles. The Hall–Kier alpha value is -2.41. The van der Waals surface area contributed by atoms with Gasteiger partial charge in [-0.05, 0) is 32.9 Å². The zero-order chi connectivity index (χ0) is 16.6. The van der Waals surface area contributed by atoms with Gasteiger partial charge in [0.25, 0.3) is 0 Å². The lowest BCUT2D eigenvalue weighted by molar-refractivity contribution is 0.0589. The predicted octanol–water partition coefficient (Wildman–Crippen LogP) is 4.06. The van der Waals surface area contributed by atoms with E-state index in [9.17, 15) is 4.79 Å². The Balaban J connectivity index is 1.83. The first-order chi connectivity index (χ1) is 10.8. The zero-order valence-electron chi connectivity index (χ0n) is 13.5. The topological polar surface area (TPSA) is 71.1 Å². The Labute approximate surface area is 138 Å². The number of aromatic nitrogens is 3. The number of H-pyrrole nitrogens is 1. The Bertz CT molecular complexity index is 814. The van der Waals surface area contributed by atoms with Crippen molar-refractivity contribution in [3.05, 3.63) is 29.6 Å². The third kappa shape index (κ3) is 3.34. The number of nitrogens with zero attached hydrogens (tertiary/aromatic N) is 3. The molecule has 0 radical (unpaired) electrons. The summed E-state index contributed by atoms with van der Waals surface area (Å²) in [7, 11) is 1.65. The van der Waals surface area contributed by atoms with Crippen LogP contribution in [-0.4, -0.2) is 33.7 Å². The highest BCUT2D eigenvalue weighted by molar-refractivity contribution is 7.14. The van der Waals surface area contributed by atoms with E-state index in [2.05, 4.69) is 15.0 Å². The van der Waals surface area contributed by atoms with Gasteiger partial charge in [0.2, 0.25) is 0 Å². The fourth-order valence-corrected chi connectivity index (χ4v) is 2.77. The number of hydrogen-bond donors (Lipinski definition) is 1. The third-order valence-electron chi connectivity index (χ3n) is 3.08. The van der Waals surface area contributed by atoms with Crippen LogP contribution in [0.2, 0.25) is 0 Å². The molecule has 0 bridgehead atoms. The first kappa shape index (κ1) is 15.5. The number of hydrogen-bond acceptors (Lipinski definition) is 5. The molecule has 23 heavy (non-hydrogen) atoms. The highest BCUT2D eigenvalue weighted by Crippen LogP contribution is 2.27. The van der Waals surface area contributed by atoms with Gasteiger partial charge >= 0.3 is 6.09 Å². The van der Waals surface area contributed by atoms with Crippen molar-refractivity contribution in [1.29, 1.82) is 0 Å². The average molecular weight is 330 g/mol. The molecule has 0 spiro atoms. The number of ether oxygens (including phenoxy) is 1. The molecular formula is C16H18N4O2S. The molecule has 3 aromatic rings. The molecule has 120 valence electrons. The highest BCUT2D eigenvalue weighted by atomic mass is 32.1. The molecule has 0 atom stereocenters. The normalized spacial score (nSPS) is 11.7. The van der Waals surface area contributed by atoms with Gasteiger partial charge in [-0.1, -0.05) is 12.1 Å². The average Bonchev–Trinajstić information content (AvgIpc) is 3.11. The molecule has 1 aromatic carbocycles. The molecule has 0 aliphatic carbocycles. The van der Waals surface area contributed by atoms with E-state index in [-0.39, 0.29) is 0 Å². The first-order valence-electron chi connectivity index (χ1n) is 7.21. The Morgan fingerprint density at radius 2 is 2.00 bits per heavy atom. The number of benzene rings is 1. The van der Waals surface area contributed by atoms with Crippen LogP contribution in [0.15, 0.2) is 29.6 Å². The fourth-order valence-electron chi connectivity index (χ4n) is 2.01. The molecule has 1 N–H and O–H groups in total. The molecule has 0 aliphatic rings. The number of fused-ring (bicyclic) bond motifs is 1. The molecule has 0 aliphatic heterocycles. The second-order valence-electron chi connectivity index (χ2n) is 6.16. The standard InChI is InChI=1S/C16H18N4O2S/c1-16(2,3)22-15(21)20(4)14-19-12(9-23-14)13-17-10-7-5-6-8-11(10)18-13/h5-9H,1-4H3,(H,17,18). The van der Waals surface area contributed by atoms with E-state index in [1.54, 1.807) is 7.05 Å². The molecule has 0 unspecified atom stereocenters. The third-order valence-corrected chi connectivity index (χ3v) is 4.00. The van der Waals surface area contributed by atoms with Gasteiger partial charge in [-0.2, -0.15) is 0 Å². The van der Waals surface area contributed by atoms with E-state index in [0.717, 1.165) is 11.0 Å². The van der Waals surface area contributed by atoms with Crippen LogP contribution in [0.5, 0.6) is 0 Å². The second kappa shape index (κ2) is 5.66. The van der Waals surface area contributed by atoms with E-state index < -0.39 is 11.7 Å². The summed E-state index contributed by atoms with van der Waals surface area (Å²) in [6.45, 7) is 5.50. The zero-order valence-corrected chi connectivity index (χ0v) is 14.3. The van der Waals surface area contributed by atoms with Crippen LogP contribution >= 0.6 is 11.3 Å². The number of carbonyl (C=O) groups is 1. The van der Waals surface area contributed by atoms with Gasteiger partial charge in [0.1, 0.15) is 11.3 Å². The lowest BCUT2D eigenvalue weighted by Gasteiger charge is -2.23. The van der Waals surface area contributed by atoms with Gasteiger partial charge in [0.15, 0.2) is 11.0 Å². The van der Waals surface area contributed by atoms with Crippen molar-refractivity contribution in [1.82, 2.24) is 15.0 Å². The minimum absolute atomic E-state index is 0.428. The van der Waals surface area contributed by atoms with Crippen molar-refractivity contribution in [3.63, 3.8) is 0 Å². The van der Waals surface area contributed by atoms with Crippen LogP contribution in [0.3, 0.4) is 0 Å². The summed E-state index contributed by atoms with van der Waals surface area (Å²) in [5, 5.41) is 2.43.